The largest absolute Gasteiger partial charge is 0.492 e. The van der Waals surface area contributed by atoms with Crippen LogP contribution < -0.4 is 4.74 Å². The fourth-order valence-corrected chi connectivity index (χ4v) is 1.61. The summed E-state index contributed by atoms with van der Waals surface area (Å²) in [5.74, 6) is -0.0681. The fourth-order valence-electron chi connectivity index (χ4n) is 0.946. The normalized spacial score (nSPS) is 10.3. The van der Waals surface area contributed by atoms with Crippen molar-refractivity contribution < 1.29 is 9.13 Å². The van der Waals surface area contributed by atoms with Gasteiger partial charge in [0.25, 0.3) is 0 Å². The Kier molecular flexibility index (Phi) is 4.69. The minimum Gasteiger partial charge on any atom is -0.492 e. The van der Waals surface area contributed by atoms with Gasteiger partial charge in [0.15, 0.2) is 5.82 Å². The van der Waals surface area contributed by atoms with Crippen LogP contribution in [-0.4, -0.2) is 6.61 Å². The van der Waals surface area contributed by atoms with E-state index in [9.17, 15) is 4.39 Å². The first-order valence-corrected chi connectivity index (χ1v) is 5.60. The number of ether oxygens (including phenoxy) is 1. The van der Waals surface area contributed by atoms with Gasteiger partial charge in [0.05, 0.1) is 11.1 Å². The van der Waals surface area contributed by atoms with Crippen LogP contribution >= 0.6 is 27.5 Å². The lowest BCUT2D eigenvalue weighted by molar-refractivity contribution is 0.308. The van der Waals surface area contributed by atoms with Crippen molar-refractivity contribution in [2.24, 2.45) is 0 Å². The lowest BCUT2D eigenvalue weighted by atomic mass is 10.3. The van der Waals surface area contributed by atoms with E-state index in [1.54, 1.807) is 12.1 Å². The van der Waals surface area contributed by atoms with E-state index in [0.717, 1.165) is 12.8 Å². The molecule has 0 heterocycles. The summed E-state index contributed by atoms with van der Waals surface area (Å²) >= 11 is 8.79. The minimum atomic E-state index is -0.472. The quantitative estimate of drug-likeness (QED) is 0.586. The van der Waals surface area contributed by atoms with Gasteiger partial charge in [-0.05, 0) is 34.5 Å². The molecule has 0 saturated carbocycles. The average molecular weight is 282 g/mol. The maximum absolute atomic E-state index is 13.2. The van der Waals surface area contributed by atoms with E-state index >= 15 is 0 Å². The molecule has 1 aromatic carbocycles. The summed E-state index contributed by atoms with van der Waals surface area (Å²) in [5.41, 5.74) is 0. The second kappa shape index (κ2) is 5.56. The van der Waals surface area contributed by atoms with Gasteiger partial charge in [-0.15, -0.1) is 0 Å². The fraction of sp³-hybridized carbons (Fsp3) is 0.400. The van der Waals surface area contributed by atoms with Gasteiger partial charge in [-0.1, -0.05) is 24.9 Å². The maximum atomic E-state index is 13.2. The molecule has 0 aliphatic heterocycles. The molecule has 0 atom stereocenters. The zero-order valence-corrected chi connectivity index (χ0v) is 10.2. The van der Waals surface area contributed by atoms with Gasteiger partial charge in [-0.2, -0.15) is 0 Å². The molecule has 0 fully saturated rings. The summed E-state index contributed by atoms with van der Waals surface area (Å²) in [5, 5.41) is 0.0375. The highest BCUT2D eigenvalue weighted by Gasteiger charge is 2.10. The van der Waals surface area contributed by atoms with E-state index < -0.39 is 5.82 Å². The minimum absolute atomic E-state index is 0.0375. The van der Waals surface area contributed by atoms with Crippen molar-refractivity contribution in [1.82, 2.24) is 0 Å². The zero-order chi connectivity index (χ0) is 10.6. The maximum Gasteiger partial charge on any atom is 0.159 e. The van der Waals surface area contributed by atoms with Crippen molar-refractivity contribution >= 4 is 27.5 Å². The van der Waals surface area contributed by atoms with E-state index in [0.29, 0.717) is 16.8 Å². The van der Waals surface area contributed by atoms with Crippen molar-refractivity contribution in [3.63, 3.8) is 0 Å². The molecule has 0 bridgehead atoms. The Labute approximate surface area is 96.3 Å². The van der Waals surface area contributed by atoms with E-state index in [4.69, 9.17) is 16.3 Å². The number of hydrogen-bond acceptors (Lipinski definition) is 1. The Balaban J connectivity index is 2.73. The smallest absolute Gasteiger partial charge is 0.159 e. The highest BCUT2D eigenvalue weighted by molar-refractivity contribution is 9.10. The Bertz CT molecular complexity index is 317. The van der Waals surface area contributed by atoms with Gasteiger partial charge in [0.1, 0.15) is 10.8 Å². The van der Waals surface area contributed by atoms with Gasteiger partial charge in [0.2, 0.25) is 0 Å². The molecule has 1 nitrogen and oxygen atoms in total. The van der Waals surface area contributed by atoms with Crippen molar-refractivity contribution in [1.29, 1.82) is 0 Å². The second-order valence-electron chi connectivity index (χ2n) is 2.88. The zero-order valence-electron chi connectivity index (χ0n) is 7.82. The molecule has 0 spiro atoms. The Morgan fingerprint density at radius 1 is 1.50 bits per heavy atom. The van der Waals surface area contributed by atoms with Crippen molar-refractivity contribution in [2.45, 2.75) is 19.8 Å². The first-order chi connectivity index (χ1) is 6.66. The van der Waals surface area contributed by atoms with Crippen LogP contribution in [0.2, 0.25) is 5.02 Å². The number of halogens is 3. The molecular formula is C10H11BrClFO. The van der Waals surface area contributed by atoms with Gasteiger partial charge in [0, 0.05) is 0 Å². The Morgan fingerprint density at radius 2 is 2.21 bits per heavy atom. The first-order valence-electron chi connectivity index (χ1n) is 4.43. The molecule has 0 amide bonds. The van der Waals surface area contributed by atoms with Crippen LogP contribution in [0.4, 0.5) is 4.39 Å². The summed E-state index contributed by atoms with van der Waals surface area (Å²) in [6.07, 6.45) is 1.98. The first kappa shape index (κ1) is 11.8. The van der Waals surface area contributed by atoms with Crippen LogP contribution in [0.25, 0.3) is 0 Å². The third kappa shape index (κ3) is 2.85. The number of rotatable bonds is 4. The van der Waals surface area contributed by atoms with Crippen LogP contribution in [0.1, 0.15) is 19.8 Å². The van der Waals surface area contributed by atoms with E-state index in [-0.39, 0.29) is 5.02 Å². The lowest BCUT2D eigenvalue weighted by Gasteiger charge is -2.08. The molecule has 0 aromatic heterocycles. The summed E-state index contributed by atoms with van der Waals surface area (Å²) in [6, 6.07) is 3.24. The highest BCUT2D eigenvalue weighted by atomic mass is 79.9. The van der Waals surface area contributed by atoms with E-state index in [1.807, 2.05) is 0 Å². The average Bonchev–Trinajstić information content (AvgIpc) is 2.18. The summed E-state index contributed by atoms with van der Waals surface area (Å²) in [7, 11) is 0. The highest BCUT2D eigenvalue weighted by Crippen LogP contribution is 2.31. The molecule has 78 valence electrons. The van der Waals surface area contributed by atoms with Crippen LogP contribution in [-0.2, 0) is 0 Å². The lowest BCUT2D eigenvalue weighted by Crippen LogP contribution is -1.98. The van der Waals surface area contributed by atoms with Gasteiger partial charge in [-0.3, -0.25) is 0 Å². The molecular weight excluding hydrogens is 270 g/mol. The summed E-state index contributed by atoms with van der Waals surface area (Å²) in [6.45, 7) is 2.63. The van der Waals surface area contributed by atoms with Gasteiger partial charge in [-0.25, -0.2) is 4.39 Å². The second-order valence-corrected chi connectivity index (χ2v) is 4.11. The van der Waals surface area contributed by atoms with Crippen LogP contribution in [0.15, 0.2) is 16.6 Å². The Hall–Kier alpha value is -0.280. The van der Waals surface area contributed by atoms with E-state index in [1.165, 1.54) is 0 Å². The SMILES string of the molecule is CCCCOc1ccc(Br)c(F)c1Cl. The molecule has 0 aliphatic carbocycles. The topological polar surface area (TPSA) is 9.23 Å². The monoisotopic (exact) mass is 280 g/mol. The molecule has 0 N–H and O–H groups in total. The third-order valence-electron chi connectivity index (χ3n) is 1.76. The van der Waals surface area contributed by atoms with Crippen LogP contribution in [0.3, 0.4) is 0 Å². The molecule has 4 heteroatoms. The molecule has 14 heavy (non-hydrogen) atoms. The third-order valence-corrected chi connectivity index (χ3v) is 2.72. The van der Waals surface area contributed by atoms with Crippen molar-refractivity contribution in [2.75, 3.05) is 6.61 Å². The molecule has 0 saturated heterocycles. The van der Waals surface area contributed by atoms with Crippen LogP contribution in [0, 0.1) is 5.82 Å². The number of hydrogen-bond donors (Lipinski definition) is 0. The van der Waals surface area contributed by atoms with Crippen molar-refractivity contribution in [3.05, 3.63) is 27.4 Å². The molecule has 0 radical (unpaired) electrons. The predicted octanol–water partition coefficient (Wildman–Crippen LogP) is 4.42. The molecule has 0 unspecified atom stereocenters. The van der Waals surface area contributed by atoms with E-state index in [2.05, 4.69) is 22.9 Å². The van der Waals surface area contributed by atoms with Gasteiger partial charge < -0.3 is 4.74 Å². The Morgan fingerprint density at radius 3 is 2.86 bits per heavy atom. The van der Waals surface area contributed by atoms with Crippen molar-refractivity contribution in [3.8, 4) is 5.75 Å². The molecule has 1 rings (SSSR count). The summed E-state index contributed by atoms with van der Waals surface area (Å²) in [4.78, 5) is 0. The number of unbranched alkanes of at least 4 members (excludes halogenated alkanes) is 1. The predicted molar refractivity (Wildman–Crippen MR) is 59.5 cm³/mol. The van der Waals surface area contributed by atoms with Crippen LogP contribution in [0.5, 0.6) is 5.75 Å². The number of benzene rings is 1. The van der Waals surface area contributed by atoms with Gasteiger partial charge >= 0.3 is 0 Å². The molecule has 1 aromatic rings. The standard InChI is InChI=1S/C10H11BrClFO/c1-2-3-6-14-8-5-4-7(11)10(13)9(8)12/h4-5H,2-3,6H2,1H3. The molecule has 0 aliphatic rings. The summed E-state index contributed by atoms with van der Waals surface area (Å²) < 4.78 is 18.9.